The van der Waals surface area contributed by atoms with Crippen LogP contribution in [0.25, 0.3) is 0 Å². The molecule has 0 saturated carbocycles. The summed E-state index contributed by atoms with van der Waals surface area (Å²) < 4.78 is 0. The number of benzene rings is 1. The largest absolute Gasteiger partial charge is 0.343 e. The van der Waals surface area contributed by atoms with E-state index in [1.807, 2.05) is 35.2 Å². The Kier molecular flexibility index (Phi) is 6.22. The first-order valence-corrected chi connectivity index (χ1v) is 7.59. The molecule has 0 aromatic heterocycles. The summed E-state index contributed by atoms with van der Waals surface area (Å²) in [6.45, 7) is 2.53. The molecule has 114 valence electrons. The van der Waals surface area contributed by atoms with Gasteiger partial charge in [-0.25, -0.2) is 0 Å². The van der Waals surface area contributed by atoms with E-state index < -0.39 is 0 Å². The van der Waals surface area contributed by atoms with Gasteiger partial charge in [0.05, 0.1) is 6.54 Å². The highest BCUT2D eigenvalue weighted by molar-refractivity contribution is 5.92. The van der Waals surface area contributed by atoms with Crippen molar-refractivity contribution in [3.05, 3.63) is 30.3 Å². The van der Waals surface area contributed by atoms with Crippen molar-refractivity contribution in [2.75, 3.05) is 31.5 Å². The molecule has 5 nitrogen and oxygen atoms in total. The maximum Gasteiger partial charge on any atom is 0.238 e. The van der Waals surface area contributed by atoms with E-state index in [-0.39, 0.29) is 18.4 Å². The van der Waals surface area contributed by atoms with E-state index in [0.717, 1.165) is 31.6 Å². The van der Waals surface area contributed by atoms with Gasteiger partial charge in [0, 0.05) is 31.7 Å². The van der Waals surface area contributed by atoms with Gasteiger partial charge in [0.2, 0.25) is 11.8 Å². The molecule has 0 bridgehead atoms. The molecular formula is C16H23N3O2. The zero-order chi connectivity index (χ0) is 14.9. The number of nitrogens with zero attached hydrogens (tertiary/aromatic N) is 1. The van der Waals surface area contributed by atoms with Gasteiger partial charge in [-0.3, -0.25) is 9.59 Å². The smallest absolute Gasteiger partial charge is 0.238 e. The zero-order valence-electron chi connectivity index (χ0n) is 12.3. The van der Waals surface area contributed by atoms with Gasteiger partial charge in [0.15, 0.2) is 0 Å². The van der Waals surface area contributed by atoms with E-state index in [1.165, 1.54) is 6.42 Å². The molecule has 0 spiro atoms. The van der Waals surface area contributed by atoms with Crippen LogP contribution < -0.4 is 10.6 Å². The van der Waals surface area contributed by atoms with Crippen LogP contribution in [0.3, 0.4) is 0 Å². The summed E-state index contributed by atoms with van der Waals surface area (Å²) >= 11 is 0. The fourth-order valence-electron chi connectivity index (χ4n) is 2.43. The van der Waals surface area contributed by atoms with Crippen molar-refractivity contribution in [1.82, 2.24) is 10.2 Å². The Hall–Kier alpha value is -1.88. The average Bonchev–Trinajstić information content (AvgIpc) is 2.53. The second kappa shape index (κ2) is 8.42. The zero-order valence-corrected chi connectivity index (χ0v) is 12.3. The van der Waals surface area contributed by atoms with Crippen LogP contribution in [0.2, 0.25) is 0 Å². The molecule has 2 rings (SSSR count). The van der Waals surface area contributed by atoms with E-state index in [1.54, 1.807) is 0 Å². The lowest BCUT2D eigenvalue weighted by molar-refractivity contribution is -0.132. The lowest BCUT2D eigenvalue weighted by Crippen LogP contribution is -2.38. The lowest BCUT2D eigenvalue weighted by atomic mass is 10.1. The van der Waals surface area contributed by atoms with Crippen molar-refractivity contribution in [2.24, 2.45) is 0 Å². The molecule has 1 aliphatic rings. The monoisotopic (exact) mass is 289 g/mol. The molecule has 0 unspecified atom stereocenters. The van der Waals surface area contributed by atoms with Crippen molar-refractivity contribution >= 4 is 17.5 Å². The van der Waals surface area contributed by atoms with Gasteiger partial charge in [-0.2, -0.15) is 0 Å². The predicted molar refractivity (Wildman–Crippen MR) is 83.0 cm³/mol. The topological polar surface area (TPSA) is 61.4 Å². The summed E-state index contributed by atoms with van der Waals surface area (Å²) in [5.41, 5.74) is 0.786. The number of piperidine rings is 1. The second-order valence-electron chi connectivity index (χ2n) is 5.28. The quantitative estimate of drug-likeness (QED) is 0.782. The Morgan fingerprint density at radius 1 is 1.05 bits per heavy atom. The Bertz CT molecular complexity index is 456. The highest BCUT2D eigenvalue weighted by Crippen LogP contribution is 2.09. The lowest BCUT2D eigenvalue weighted by Gasteiger charge is -2.26. The molecule has 0 atom stereocenters. The third kappa shape index (κ3) is 5.55. The van der Waals surface area contributed by atoms with Crippen molar-refractivity contribution in [3.8, 4) is 0 Å². The molecule has 21 heavy (non-hydrogen) atoms. The van der Waals surface area contributed by atoms with Gasteiger partial charge in [-0.15, -0.1) is 0 Å². The normalized spacial score (nSPS) is 14.8. The molecule has 1 aliphatic heterocycles. The van der Waals surface area contributed by atoms with Crippen LogP contribution >= 0.6 is 0 Å². The maximum absolute atomic E-state index is 11.9. The number of hydrogen-bond donors (Lipinski definition) is 2. The van der Waals surface area contributed by atoms with E-state index in [4.69, 9.17) is 0 Å². The van der Waals surface area contributed by atoms with Crippen LogP contribution in [-0.4, -0.2) is 42.9 Å². The van der Waals surface area contributed by atoms with Gasteiger partial charge in [-0.05, 0) is 31.4 Å². The number of rotatable bonds is 6. The molecule has 2 N–H and O–H groups in total. The molecule has 5 heteroatoms. The summed E-state index contributed by atoms with van der Waals surface area (Å²) in [6, 6.07) is 9.34. The summed E-state index contributed by atoms with van der Waals surface area (Å²) in [5, 5.41) is 5.81. The van der Waals surface area contributed by atoms with Gasteiger partial charge < -0.3 is 15.5 Å². The molecule has 1 fully saturated rings. The molecule has 1 saturated heterocycles. The number of amides is 2. The summed E-state index contributed by atoms with van der Waals surface area (Å²) in [4.78, 5) is 25.5. The van der Waals surface area contributed by atoms with Crippen molar-refractivity contribution < 1.29 is 9.59 Å². The molecular weight excluding hydrogens is 266 g/mol. The number of carbonyl (C=O) groups excluding carboxylic acids is 2. The Morgan fingerprint density at radius 2 is 1.76 bits per heavy atom. The summed E-state index contributed by atoms with van der Waals surface area (Å²) in [7, 11) is 0. The Labute approximate surface area is 125 Å². The third-order valence-corrected chi connectivity index (χ3v) is 3.57. The van der Waals surface area contributed by atoms with E-state index in [0.29, 0.717) is 13.0 Å². The summed E-state index contributed by atoms with van der Waals surface area (Å²) in [5.74, 6) is 0.0947. The molecule has 1 aromatic carbocycles. The van der Waals surface area contributed by atoms with Crippen LogP contribution in [0.5, 0.6) is 0 Å². The van der Waals surface area contributed by atoms with Gasteiger partial charge >= 0.3 is 0 Å². The molecule has 1 aromatic rings. The SMILES string of the molecule is O=C(CNCCC(=O)N1CCCCC1)Nc1ccccc1. The minimum Gasteiger partial charge on any atom is -0.343 e. The van der Waals surface area contributed by atoms with Gasteiger partial charge in [-0.1, -0.05) is 18.2 Å². The van der Waals surface area contributed by atoms with Crippen LogP contribution in [0.1, 0.15) is 25.7 Å². The highest BCUT2D eigenvalue weighted by atomic mass is 16.2. The first-order chi connectivity index (χ1) is 10.3. The molecule has 1 heterocycles. The predicted octanol–water partition coefficient (Wildman–Crippen LogP) is 1.62. The fraction of sp³-hybridized carbons (Fsp3) is 0.500. The van der Waals surface area contributed by atoms with E-state index in [2.05, 4.69) is 10.6 Å². The number of nitrogens with one attached hydrogen (secondary N) is 2. The molecule has 2 amide bonds. The second-order valence-corrected chi connectivity index (χ2v) is 5.28. The molecule has 0 radical (unpaired) electrons. The van der Waals surface area contributed by atoms with E-state index >= 15 is 0 Å². The maximum atomic E-state index is 11.9. The van der Waals surface area contributed by atoms with Gasteiger partial charge in [0.25, 0.3) is 0 Å². The summed E-state index contributed by atoms with van der Waals surface area (Å²) in [6.07, 6.45) is 3.90. The first kappa shape index (κ1) is 15.5. The van der Waals surface area contributed by atoms with Crippen molar-refractivity contribution in [1.29, 1.82) is 0 Å². The number of para-hydroxylation sites is 1. The highest BCUT2D eigenvalue weighted by Gasteiger charge is 2.15. The minimum atomic E-state index is -0.0911. The standard InChI is InChI=1S/C16H23N3O2/c20-15(18-14-7-3-1-4-8-14)13-17-10-9-16(21)19-11-5-2-6-12-19/h1,3-4,7-8,17H,2,5-6,9-13H2,(H,18,20). The Balaban J connectivity index is 1.58. The van der Waals surface area contributed by atoms with Crippen LogP contribution in [0, 0.1) is 0 Å². The number of hydrogen-bond acceptors (Lipinski definition) is 3. The van der Waals surface area contributed by atoms with Crippen molar-refractivity contribution in [2.45, 2.75) is 25.7 Å². The third-order valence-electron chi connectivity index (χ3n) is 3.57. The molecule has 0 aliphatic carbocycles. The number of anilines is 1. The average molecular weight is 289 g/mol. The Morgan fingerprint density at radius 3 is 2.48 bits per heavy atom. The number of carbonyl (C=O) groups is 2. The first-order valence-electron chi connectivity index (χ1n) is 7.59. The number of likely N-dealkylation sites (tertiary alicyclic amines) is 1. The fourth-order valence-corrected chi connectivity index (χ4v) is 2.43. The van der Waals surface area contributed by atoms with Crippen LogP contribution in [0.4, 0.5) is 5.69 Å². The van der Waals surface area contributed by atoms with Crippen molar-refractivity contribution in [3.63, 3.8) is 0 Å². The van der Waals surface area contributed by atoms with Crippen LogP contribution in [0.15, 0.2) is 30.3 Å². The van der Waals surface area contributed by atoms with Crippen LogP contribution in [-0.2, 0) is 9.59 Å². The minimum absolute atomic E-state index is 0.0911. The van der Waals surface area contributed by atoms with E-state index in [9.17, 15) is 9.59 Å². The van der Waals surface area contributed by atoms with Gasteiger partial charge in [0.1, 0.15) is 0 Å².